The zero-order valence-electron chi connectivity index (χ0n) is 14.6. The molecule has 134 valence electrons. The lowest BCUT2D eigenvalue weighted by molar-refractivity contribution is 0.0620. The average Bonchev–Trinajstić information content (AvgIpc) is 3.34. The van der Waals surface area contributed by atoms with Crippen molar-refractivity contribution in [2.24, 2.45) is 0 Å². The van der Waals surface area contributed by atoms with Gasteiger partial charge in [0.15, 0.2) is 0 Å². The Kier molecular flexibility index (Phi) is 4.81. The highest BCUT2D eigenvalue weighted by Crippen LogP contribution is 2.20. The molecule has 1 amide bonds. The molecule has 1 fully saturated rings. The van der Waals surface area contributed by atoms with E-state index in [9.17, 15) is 4.79 Å². The monoisotopic (exact) mass is 368 g/mol. The molecule has 0 saturated carbocycles. The van der Waals surface area contributed by atoms with Gasteiger partial charge in [0.1, 0.15) is 0 Å². The van der Waals surface area contributed by atoms with Crippen molar-refractivity contribution < 1.29 is 9.32 Å². The first-order valence-corrected chi connectivity index (χ1v) is 9.52. The van der Waals surface area contributed by atoms with E-state index in [1.807, 2.05) is 53.6 Å². The van der Waals surface area contributed by atoms with Gasteiger partial charge in [0.2, 0.25) is 11.7 Å². The number of aromatic nitrogens is 2. The highest BCUT2D eigenvalue weighted by molar-refractivity contribution is 7.12. The van der Waals surface area contributed by atoms with Crippen molar-refractivity contribution in [1.29, 1.82) is 0 Å². The van der Waals surface area contributed by atoms with Crippen molar-refractivity contribution in [1.82, 2.24) is 19.9 Å². The van der Waals surface area contributed by atoms with Crippen LogP contribution in [0.3, 0.4) is 0 Å². The minimum atomic E-state index is 0.124. The van der Waals surface area contributed by atoms with Gasteiger partial charge in [0, 0.05) is 31.7 Å². The number of benzene rings is 1. The Hall–Kier alpha value is -2.51. The maximum atomic E-state index is 12.4. The summed E-state index contributed by atoms with van der Waals surface area (Å²) in [7, 11) is 0. The second kappa shape index (κ2) is 7.39. The highest BCUT2D eigenvalue weighted by Gasteiger charge is 2.24. The van der Waals surface area contributed by atoms with Gasteiger partial charge in [-0.1, -0.05) is 35.5 Å². The van der Waals surface area contributed by atoms with E-state index in [2.05, 4.69) is 15.0 Å². The quantitative estimate of drug-likeness (QED) is 0.708. The summed E-state index contributed by atoms with van der Waals surface area (Å²) >= 11 is 1.49. The Bertz CT molecular complexity index is 883. The van der Waals surface area contributed by atoms with Crippen LogP contribution in [0.2, 0.25) is 0 Å². The predicted octanol–water partition coefficient (Wildman–Crippen LogP) is 3.06. The third-order valence-corrected chi connectivity index (χ3v) is 5.46. The molecule has 2 aromatic heterocycles. The van der Waals surface area contributed by atoms with Gasteiger partial charge < -0.3 is 9.42 Å². The minimum Gasteiger partial charge on any atom is -0.338 e. The van der Waals surface area contributed by atoms with Crippen LogP contribution >= 0.6 is 11.3 Å². The number of hydrogen-bond donors (Lipinski definition) is 0. The summed E-state index contributed by atoms with van der Waals surface area (Å²) in [6, 6.07) is 11.8. The number of hydrogen-bond acceptors (Lipinski definition) is 6. The van der Waals surface area contributed by atoms with E-state index in [4.69, 9.17) is 4.52 Å². The number of carbonyl (C=O) groups is 1. The van der Waals surface area contributed by atoms with Gasteiger partial charge in [-0.25, -0.2) is 0 Å². The fraction of sp³-hybridized carbons (Fsp3) is 0.316. The summed E-state index contributed by atoms with van der Waals surface area (Å²) in [5, 5.41) is 6.05. The molecule has 1 aliphatic heterocycles. The zero-order valence-corrected chi connectivity index (χ0v) is 15.4. The number of aryl methyl sites for hydroxylation is 1. The highest BCUT2D eigenvalue weighted by atomic mass is 32.1. The van der Waals surface area contributed by atoms with E-state index < -0.39 is 0 Å². The Morgan fingerprint density at radius 1 is 1.15 bits per heavy atom. The lowest BCUT2D eigenvalue weighted by Gasteiger charge is -2.33. The first-order chi connectivity index (χ1) is 12.7. The third kappa shape index (κ3) is 3.54. The van der Waals surface area contributed by atoms with E-state index >= 15 is 0 Å². The molecule has 1 aromatic carbocycles. The zero-order chi connectivity index (χ0) is 17.9. The summed E-state index contributed by atoms with van der Waals surface area (Å²) in [4.78, 5) is 21.9. The van der Waals surface area contributed by atoms with Crippen molar-refractivity contribution in [2.75, 3.05) is 26.2 Å². The molecule has 0 unspecified atom stereocenters. The minimum absolute atomic E-state index is 0.124. The fourth-order valence-corrected chi connectivity index (χ4v) is 3.80. The molecule has 4 rings (SSSR count). The van der Waals surface area contributed by atoms with E-state index in [0.29, 0.717) is 18.3 Å². The van der Waals surface area contributed by atoms with E-state index in [-0.39, 0.29) is 5.91 Å². The molecule has 26 heavy (non-hydrogen) atoms. The number of nitrogens with zero attached hydrogens (tertiary/aromatic N) is 4. The van der Waals surface area contributed by atoms with E-state index in [0.717, 1.165) is 42.2 Å². The van der Waals surface area contributed by atoms with Gasteiger partial charge in [-0.3, -0.25) is 9.69 Å². The summed E-state index contributed by atoms with van der Waals surface area (Å²) in [6.45, 7) is 5.69. The lowest BCUT2D eigenvalue weighted by Crippen LogP contribution is -2.48. The summed E-state index contributed by atoms with van der Waals surface area (Å²) in [5.41, 5.74) is 2.12. The van der Waals surface area contributed by atoms with Crippen LogP contribution in [0.1, 0.15) is 21.1 Å². The van der Waals surface area contributed by atoms with Crippen LogP contribution in [0.25, 0.3) is 11.4 Å². The molecule has 3 aromatic rings. The van der Waals surface area contributed by atoms with E-state index in [1.54, 1.807) is 0 Å². The average molecular weight is 368 g/mol. The smallest absolute Gasteiger partial charge is 0.264 e. The lowest BCUT2D eigenvalue weighted by atomic mass is 10.1. The van der Waals surface area contributed by atoms with Crippen LogP contribution in [0.5, 0.6) is 0 Å². The topological polar surface area (TPSA) is 62.5 Å². The first kappa shape index (κ1) is 16.9. The maximum absolute atomic E-state index is 12.4. The molecule has 6 nitrogen and oxygen atoms in total. The number of piperazine rings is 1. The third-order valence-electron chi connectivity index (χ3n) is 4.60. The number of rotatable bonds is 4. The second-order valence-corrected chi connectivity index (χ2v) is 7.32. The van der Waals surface area contributed by atoms with Crippen LogP contribution < -0.4 is 0 Å². The summed E-state index contributed by atoms with van der Waals surface area (Å²) in [6.07, 6.45) is 0. The SMILES string of the molecule is Cc1ccccc1-c1noc(CN2CCN(C(=O)c3cccs3)CC2)n1. The molecule has 1 aliphatic rings. The molecule has 0 N–H and O–H groups in total. The largest absolute Gasteiger partial charge is 0.338 e. The van der Waals surface area contributed by atoms with Crippen LogP contribution in [0.4, 0.5) is 0 Å². The molecule has 0 bridgehead atoms. The van der Waals surface area contributed by atoms with Crippen molar-refractivity contribution in [3.05, 3.63) is 58.1 Å². The number of amides is 1. The fourth-order valence-electron chi connectivity index (χ4n) is 3.11. The van der Waals surface area contributed by atoms with E-state index in [1.165, 1.54) is 11.3 Å². The molecule has 0 radical (unpaired) electrons. The molecule has 7 heteroatoms. The number of thiophene rings is 1. The Balaban J connectivity index is 1.35. The van der Waals surface area contributed by atoms with Crippen molar-refractivity contribution in [2.45, 2.75) is 13.5 Å². The van der Waals surface area contributed by atoms with Crippen LogP contribution in [-0.2, 0) is 6.54 Å². The molecule has 0 spiro atoms. The van der Waals surface area contributed by atoms with Crippen LogP contribution in [-0.4, -0.2) is 52.0 Å². The van der Waals surface area contributed by atoms with Gasteiger partial charge in [-0.05, 0) is 23.9 Å². The van der Waals surface area contributed by atoms with Gasteiger partial charge in [-0.2, -0.15) is 4.98 Å². The molecule has 0 aliphatic carbocycles. The van der Waals surface area contributed by atoms with Crippen LogP contribution in [0, 0.1) is 6.92 Å². The van der Waals surface area contributed by atoms with Gasteiger partial charge in [0.25, 0.3) is 5.91 Å². The molecular weight excluding hydrogens is 348 g/mol. The molecule has 0 atom stereocenters. The predicted molar refractivity (Wildman–Crippen MR) is 100.0 cm³/mol. The second-order valence-electron chi connectivity index (χ2n) is 6.37. The Morgan fingerprint density at radius 2 is 1.96 bits per heavy atom. The standard InChI is InChI=1S/C19H20N4O2S/c1-14-5-2-3-6-15(14)18-20-17(25-21-18)13-22-8-10-23(11-9-22)19(24)16-7-4-12-26-16/h2-7,12H,8-11,13H2,1H3. The van der Waals surface area contributed by atoms with Crippen molar-refractivity contribution >= 4 is 17.2 Å². The summed E-state index contributed by atoms with van der Waals surface area (Å²) < 4.78 is 5.43. The summed E-state index contributed by atoms with van der Waals surface area (Å²) in [5.74, 6) is 1.37. The van der Waals surface area contributed by atoms with Gasteiger partial charge >= 0.3 is 0 Å². The Morgan fingerprint density at radius 3 is 2.69 bits per heavy atom. The van der Waals surface area contributed by atoms with Gasteiger partial charge in [-0.15, -0.1) is 11.3 Å². The molecule has 1 saturated heterocycles. The van der Waals surface area contributed by atoms with Gasteiger partial charge in [0.05, 0.1) is 11.4 Å². The van der Waals surface area contributed by atoms with Crippen molar-refractivity contribution in [3.63, 3.8) is 0 Å². The Labute approximate surface area is 156 Å². The molecule has 3 heterocycles. The normalized spacial score (nSPS) is 15.3. The maximum Gasteiger partial charge on any atom is 0.264 e. The van der Waals surface area contributed by atoms with Crippen LogP contribution in [0.15, 0.2) is 46.3 Å². The number of carbonyl (C=O) groups excluding carboxylic acids is 1. The van der Waals surface area contributed by atoms with Crippen molar-refractivity contribution in [3.8, 4) is 11.4 Å². The molecular formula is C19H20N4O2S. The first-order valence-electron chi connectivity index (χ1n) is 8.64.